The van der Waals surface area contributed by atoms with Crippen molar-refractivity contribution in [3.05, 3.63) is 0 Å². The lowest BCUT2D eigenvalue weighted by Gasteiger charge is -2.41. The van der Waals surface area contributed by atoms with Crippen LogP contribution in [-0.4, -0.2) is 61.1 Å². The van der Waals surface area contributed by atoms with Gasteiger partial charge < -0.3 is 4.74 Å². The summed E-state index contributed by atoms with van der Waals surface area (Å²) in [5.41, 5.74) is 1.54. The van der Waals surface area contributed by atoms with Crippen LogP contribution >= 0.6 is 0 Å². The van der Waals surface area contributed by atoms with E-state index in [0.29, 0.717) is 6.04 Å². The molecule has 1 aliphatic carbocycles. The van der Waals surface area contributed by atoms with Gasteiger partial charge in [-0.3, -0.25) is 19.0 Å². The number of rotatable bonds is 2. The first-order chi connectivity index (χ1) is 10.7. The minimum Gasteiger partial charge on any atom is -0.369 e. The second kappa shape index (κ2) is 7.57. The zero-order valence-corrected chi connectivity index (χ0v) is 14.9. The molecule has 2 fully saturated rings. The Labute approximate surface area is 138 Å². The van der Waals surface area contributed by atoms with E-state index in [1.165, 1.54) is 32.4 Å². The normalized spacial score (nSPS) is 37.3. The van der Waals surface area contributed by atoms with E-state index >= 15 is 0 Å². The van der Waals surface area contributed by atoms with E-state index in [-0.39, 0.29) is 0 Å². The molecule has 0 bridgehead atoms. The molecule has 0 spiro atoms. The van der Waals surface area contributed by atoms with Crippen LogP contribution in [0, 0.1) is 23.7 Å². The third-order valence-corrected chi connectivity index (χ3v) is 5.37. The minimum absolute atomic E-state index is 0.566. The number of aliphatic imine (C=N–C) groups is 1. The van der Waals surface area contributed by atoms with Gasteiger partial charge in [0.2, 0.25) is 0 Å². The Morgan fingerprint density at radius 3 is 2.52 bits per heavy atom. The maximum absolute atomic E-state index is 8.74. The zero-order chi connectivity index (χ0) is 17.2. The fourth-order valence-corrected chi connectivity index (χ4v) is 4.46. The van der Waals surface area contributed by atoms with E-state index in [4.69, 9.17) is 27.3 Å². The number of hydrogen-bond donors (Lipinski definition) is 2. The average molecular weight is 348 g/mol. The molecular weight excluding hydrogens is 320 g/mol. The van der Waals surface area contributed by atoms with Gasteiger partial charge in [-0.25, -0.2) is 0 Å². The number of nitrogens with zero attached hydrogens (tertiary/aromatic N) is 2. The predicted molar refractivity (Wildman–Crippen MR) is 88.0 cm³/mol. The quantitative estimate of drug-likeness (QED) is 0.738. The van der Waals surface area contributed by atoms with Crippen molar-refractivity contribution in [3.8, 4) is 0 Å². The fourth-order valence-electron chi connectivity index (χ4n) is 4.46. The van der Waals surface area contributed by atoms with Crippen molar-refractivity contribution in [2.45, 2.75) is 39.2 Å². The Hall–Kier alpha value is -0.540. The Morgan fingerprint density at radius 2 is 1.91 bits per heavy atom. The van der Waals surface area contributed by atoms with Gasteiger partial charge >= 0.3 is 10.4 Å². The molecule has 7 nitrogen and oxygen atoms in total. The minimum atomic E-state index is -4.67. The van der Waals surface area contributed by atoms with Gasteiger partial charge in [0.15, 0.2) is 0 Å². The van der Waals surface area contributed by atoms with Gasteiger partial charge in [-0.1, -0.05) is 6.92 Å². The zero-order valence-electron chi connectivity index (χ0n) is 14.1. The number of likely N-dealkylation sites (tertiary alicyclic amines) is 1. The molecule has 1 saturated carbocycles. The first-order valence-electron chi connectivity index (χ1n) is 8.16. The van der Waals surface area contributed by atoms with Crippen molar-refractivity contribution in [1.29, 1.82) is 0 Å². The van der Waals surface area contributed by atoms with Crippen molar-refractivity contribution in [2.75, 3.05) is 26.9 Å². The van der Waals surface area contributed by atoms with Crippen molar-refractivity contribution in [3.63, 3.8) is 0 Å². The summed E-state index contributed by atoms with van der Waals surface area (Å²) in [7, 11) is -2.86. The largest absolute Gasteiger partial charge is 0.394 e. The second-order valence-electron chi connectivity index (χ2n) is 7.04. The molecule has 3 unspecified atom stereocenters. The lowest BCUT2D eigenvalue weighted by atomic mass is 9.65. The fraction of sp³-hybridized carbons (Fsp3) is 0.933. The second-order valence-corrected chi connectivity index (χ2v) is 7.94. The molecule has 2 N–H and O–H groups in total. The molecule has 23 heavy (non-hydrogen) atoms. The summed E-state index contributed by atoms with van der Waals surface area (Å²) >= 11 is 0. The molecular formula is C15H28N2O5S. The van der Waals surface area contributed by atoms with Crippen molar-refractivity contribution >= 4 is 16.1 Å². The van der Waals surface area contributed by atoms with Gasteiger partial charge in [0.25, 0.3) is 0 Å². The molecule has 2 heterocycles. The highest BCUT2D eigenvalue weighted by atomic mass is 32.3. The Kier molecular flexibility index (Phi) is 6.18. The third kappa shape index (κ3) is 5.22. The van der Waals surface area contributed by atoms with Gasteiger partial charge in [-0.2, -0.15) is 8.42 Å². The van der Waals surface area contributed by atoms with Crippen LogP contribution in [0.2, 0.25) is 0 Å². The number of ether oxygens (including phenoxy) is 1. The first kappa shape index (κ1) is 18.8. The molecule has 134 valence electrons. The molecule has 1 saturated heterocycles. The summed E-state index contributed by atoms with van der Waals surface area (Å²) in [6, 6.07) is 0.566. The molecule has 2 aliphatic heterocycles. The van der Waals surface area contributed by atoms with Gasteiger partial charge in [-0.15, -0.1) is 0 Å². The SMILES string of the molecule is COCN1C[C@H]2CC3=NC(C)CCC3C(C)[C@@H]2C1.O=S(=O)(O)O. The summed E-state index contributed by atoms with van der Waals surface area (Å²) in [5, 5.41) is 0. The topological polar surface area (TPSA) is 99.4 Å². The van der Waals surface area contributed by atoms with Crippen LogP contribution in [0.1, 0.15) is 33.1 Å². The van der Waals surface area contributed by atoms with Gasteiger partial charge in [0, 0.05) is 32.0 Å². The highest BCUT2D eigenvalue weighted by molar-refractivity contribution is 7.79. The van der Waals surface area contributed by atoms with Crippen LogP contribution < -0.4 is 0 Å². The Balaban J connectivity index is 0.000000338. The van der Waals surface area contributed by atoms with Crippen LogP contribution in [0.15, 0.2) is 4.99 Å². The summed E-state index contributed by atoms with van der Waals surface area (Å²) < 4.78 is 36.9. The molecule has 5 atom stereocenters. The summed E-state index contributed by atoms with van der Waals surface area (Å²) in [5.74, 6) is 3.30. The molecule has 0 aromatic rings. The van der Waals surface area contributed by atoms with Crippen LogP contribution in [-0.2, 0) is 15.1 Å². The van der Waals surface area contributed by atoms with E-state index < -0.39 is 10.4 Å². The molecule has 3 rings (SSSR count). The first-order valence-corrected chi connectivity index (χ1v) is 9.56. The molecule has 0 radical (unpaired) electrons. The Morgan fingerprint density at radius 1 is 1.26 bits per heavy atom. The van der Waals surface area contributed by atoms with Gasteiger partial charge in [0.1, 0.15) is 0 Å². The van der Waals surface area contributed by atoms with Crippen molar-refractivity contribution in [1.82, 2.24) is 4.90 Å². The Bertz CT molecular complexity index is 528. The summed E-state index contributed by atoms with van der Waals surface area (Å²) in [4.78, 5) is 7.43. The average Bonchev–Trinajstić information content (AvgIpc) is 2.80. The summed E-state index contributed by atoms with van der Waals surface area (Å²) in [6.45, 7) is 7.98. The number of fused-ring (bicyclic) bond motifs is 2. The van der Waals surface area contributed by atoms with Crippen LogP contribution in [0.4, 0.5) is 0 Å². The van der Waals surface area contributed by atoms with Crippen LogP contribution in [0.5, 0.6) is 0 Å². The molecule has 0 aromatic carbocycles. The highest BCUT2D eigenvalue weighted by Crippen LogP contribution is 2.45. The monoisotopic (exact) mass is 348 g/mol. The van der Waals surface area contributed by atoms with Crippen molar-refractivity contribution < 1.29 is 22.3 Å². The van der Waals surface area contributed by atoms with Crippen LogP contribution in [0.3, 0.4) is 0 Å². The van der Waals surface area contributed by atoms with E-state index in [1.54, 1.807) is 12.8 Å². The van der Waals surface area contributed by atoms with E-state index in [9.17, 15) is 0 Å². The lowest BCUT2D eigenvalue weighted by molar-refractivity contribution is 0.0748. The number of hydrogen-bond acceptors (Lipinski definition) is 5. The highest BCUT2D eigenvalue weighted by Gasteiger charge is 2.45. The van der Waals surface area contributed by atoms with Crippen LogP contribution in [0.25, 0.3) is 0 Å². The maximum Gasteiger partial charge on any atom is 0.394 e. The smallest absolute Gasteiger partial charge is 0.369 e. The third-order valence-electron chi connectivity index (χ3n) is 5.37. The molecule has 0 amide bonds. The molecule has 8 heteroatoms. The predicted octanol–water partition coefficient (Wildman–Crippen LogP) is 1.76. The van der Waals surface area contributed by atoms with E-state index in [1.807, 2.05) is 0 Å². The summed E-state index contributed by atoms with van der Waals surface area (Å²) in [6.07, 6.45) is 3.91. The standard InChI is InChI=1S/C15H26N2O.H2O4S/c1-10-4-5-13-11(2)14-8-17(9-18-3)7-12(14)6-15(13)16-10;1-5(2,3)4/h10-14H,4-9H2,1-3H3;(H2,1,2,3,4)/t10?,11?,12-,13?,14+;/m1./s1. The van der Waals surface area contributed by atoms with Gasteiger partial charge in [-0.05, 0) is 49.9 Å². The van der Waals surface area contributed by atoms with Crippen molar-refractivity contribution in [2.24, 2.45) is 28.7 Å². The van der Waals surface area contributed by atoms with E-state index in [0.717, 1.165) is 30.4 Å². The molecule has 3 aliphatic rings. The maximum atomic E-state index is 8.74. The van der Waals surface area contributed by atoms with E-state index in [2.05, 4.69) is 18.7 Å². The molecule has 0 aromatic heterocycles. The lowest BCUT2D eigenvalue weighted by Crippen LogP contribution is -2.41. The number of methoxy groups -OCH3 is 1. The van der Waals surface area contributed by atoms with Gasteiger partial charge in [0.05, 0.1) is 6.73 Å².